The molecule has 9 heteroatoms. The number of aliphatic hydroxyl groups is 1. The molecule has 1 saturated heterocycles. The highest BCUT2D eigenvalue weighted by atomic mass is 35.5. The van der Waals surface area contributed by atoms with Crippen molar-refractivity contribution in [3.8, 4) is 5.75 Å². The monoisotopic (exact) mass is 456 g/mol. The van der Waals surface area contributed by atoms with Gasteiger partial charge in [0.1, 0.15) is 21.8 Å². The zero-order chi connectivity index (χ0) is 20.8. The van der Waals surface area contributed by atoms with E-state index in [2.05, 4.69) is 11.0 Å². The van der Waals surface area contributed by atoms with E-state index in [1.165, 1.54) is 17.7 Å². The molecule has 0 bridgehead atoms. The number of benzene rings is 2. The lowest BCUT2D eigenvalue weighted by atomic mass is 10.0. The number of nitrogens with two attached hydrogens (primary N) is 1. The number of ether oxygens (including phenoxy) is 1. The molecule has 1 aliphatic heterocycles. The lowest BCUT2D eigenvalue weighted by Gasteiger charge is -2.37. The van der Waals surface area contributed by atoms with Crippen LogP contribution in [0, 0.1) is 0 Å². The van der Waals surface area contributed by atoms with E-state index in [9.17, 15) is 13.5 Å². The highest BCUT2D eigenvalue weighted by molar-refractivity contribution is 7.89. The van der Waals surface area contributed by atoms with Crippen LogP contribution >= 0.6 is 23.2 Å². The van der Waals surface area contributed by atoms with Gasteiger partial charge in [0.25, 0.3) is 0 Å². The lowest BCUT2D eigenvalue weighted by molar-refractivity contribution is 0.0112. The number of hydrogen-bond acceptors (Lipinski definition) is 5. The average Bonchev–Trinajstić information content (AvgIpc) is 3.03. The average molecular weight is 457 g/mol. The number of aliphatic hydroxyl groups excluding tert-OH is 1. The van der Waals surface area contributed by atoms with Crippen LogP contribution in [0.25, 0.3) is 0 Å². The van der Waals surface area contributed by atoms with Gasteiger partial charge in [0.2, 0.25) is 10.0 Å². The Kier molecular flexibility index (Phi) is 5.81. The van der Waals surface area contributed by atoms with Crippen LogP contribution in [0.3, 0.4) is 0 Å². The van der Waals surface area contributed by atoms with E-state index in [4.69, 9.17) is 33.1 Å². The number of piperidine rings is 1. The molecule has 0 aromatic heterocycles. The van der Waals surface area contributed by atoms with Crippen LogP contribution in [0.1, 0.15) is 30.1 Å². The standard InChI is InChI=1S/C20H22Cl2N2O4S/c21-18-16(7-8-17(19(18)22)29(23,26)27)28-20-14-6-2-1-4-12(14)10-15(20)24-9-3-5-13(25)11-24/h1-2,4,6-8,13,15,20,25H,3,5,9-11H2,(H2,23,26,27)/t13-,15-,20-/m0/s1. The quantitative estimate of drug-likeness (QED) is 0.736. The Morgan fingerprint density at radius 1 is 1.14 bits per heavy atom. The maximum absolute atomic E-state index is 11.7. The van der Waals surface area contributed by atoms with Crippen molar-refractivity contribution in [3.05, 3.63) is 57.6 Å². The second kappa shape index (κ2) is 8.06. The van der Waals surface area contributed by atoms with Gasteiger partial charge in [0, 0.05) is 6.54 Å². The Hall–Kier alpha value is -1.35. The van der Waals surface area contributed by atoms with E-state index in [-0.39, 0.29) is 33.2 Å². The predicted octanol–water partition coefficient (Wildman–Crippen LogP) is 3.14. The maximum atomic E-state index is 11.7. The Morgan fingerprint density at radius 2 is 1.90 bits per heavy atom. The normalized spacial score (nSPS) is 25.0. The molecule has 156 valence electrons. The van der Waals surface area contributed by atoms with Gasteiger partial charge in [0.05, 0.1) is 17.2 Å². The summed E-state index contributed by atoms with van der Waals surface area (Å²) in [6, 6.07) is 10.9. The molecule has 29 heavy (non-hydrogen) atoms. The van der Waals surface area contributed by atoms with Crippen molar-refractivity contribution in [1.29, 1.82) is 0 Å². The Balaban J connectivity index is 1.69. The first-order valence-electron chi connectivity index (χ1n) is 9.43. The third-order valence-electron chi connectivity index (χ3n) is 5.61. The van der Waals surface area contributed by atoms with Crippen LogP contribution in [0.5, 0.6) is 5.75 Å². The molecule has 0 radical (unpaired) electrons. The van der Waals surface area contributed by atoms with E-state index in [0.717, 1.165) is 31.4 Å². The fraction of sp³-hybridized carbons (Fsp3) is 0.400. The maximum Gasteiger partial charge on any atom is 0.239 e. The molecule has 0 spiro atoms. The third kappa shape index (κ3) is 4.13. The first-order chi connectivity index (χ1) is 13.8. The van der Waals surface area contributed by atoms with Crippen LogP contribution in [0.2, 0.25) is 10.0 Å². The Labute approximate surface area is 180 Å². The number of rotatable bonds is 4. The van der Waals surface area contributed by atoms with Gasteiger partial charge in [-0.1, -0.05) is 47.5 Å². The number of halogens is 2. The van der Waals surface area contributed by atoms with E-state index >= 15 is 0 Å². The molecule has 1 aliphatic carbocycles. The molecule has 0 unspecified atom stereocenters. The predicted molar refractivity (Wildman–Crippen MR) is 112 cm³/mol. The van der Waals surface area contributed by atoms with Crippen molar-refractivity contribution in [2.45, 2.75) is 42.4 Å². The summed E-state index contributed by atoms with van der Waals surface area (Å²) in [5.41, 5.74) is 2.24. The second-order valence-electron chi connectivity index (χ2n) is 7.53. The molecule has 2 aliphatic rings. The molecular formula is C20H22Cl2N2O4S. The number of β-amino-alcohol motifs (C(OH)–C–C–N with tert-alkyl or cyclic N) is 1. The van der Waals surface area contributed by atoms with Gasteiger partial charge < -0.3 is 9.84 Å². The fourth-order valence-corrected chi connectivity index (χ4v) is 5.60. The molecule has 1 fully saturated rings. The number of sulfonamides is 1. The van der Waals surface area contributed by atoms with Gasteiger partial charge in [-0.3, -0.25) is 4.90 Å². The number of hydrogen-bond donors (Lipinski definition) is 2. The molecule has 4 rings (SSSR count). The lowest BCUT2D eigenvalue weighted by Crippen LogP contribution is -2.47. The molecule has 3 atom stereocenters. The smallest absolute Gasteiger partial charge is 0.239 e. The minimum absolute atomic E-state index is 0.0139. The first-order valence-corrected chi connectivity index (χ1v) is 11.7. The Bertz CT molecular complexity index is 1030. The summed E-state index contributed by atoms with van der Waals surface area (Å²) < 4.78 is 29.7. The molecular weight excluding hydrogens is 435 g/mol. The highest BCUT2D eigenvalue weighted by Crippen LogP contribution is 2.43. The van der Waals surface area contributed by atoms with Crippen molar-refractivity contribution in [1.82, 2.24) is 4.90 Å². The second-order valence-corrected chi connectivity index (χ2v) is 9.82. The number of nitrogens with zero attached hydrogens (tertiary/aromatic N) is 1. The zero-order valence-corrected chi connectivity index (χ0v) is 17.9. The summed E-state index contributed by atoms with van der Waals surface area (Å²) in [6.45, 7) is 1.48. The third-order valence-corrected chi connectivity index (χ3v) is 7.54. The summed E-state index contributed by atoms with van der Waals surface area (Å²) in [5, 5.41) is 15.2. The number of likely N-dealkylation sites (tertiary alicyclic amines) is 1. The molecule has 2 aromatic carbocycles. The van der Waals surface area contributed by atoms with E-state index in [1.54, 1.807) is 0 Å². The Morgan fingerprint density at radius 3 is 2.62 bits per heavy atom. The topological polar surface area (TPSA) is 92.9 Å². The van der Waals surface area contributed by atoms with Gasteiger partial charge in [0.15, 0.2) is 0 Å². The van der Waals surface area contributed by atoms with Gasteiger partial charge >= 0.3 is 0 Å². The molecule has 3 N–H and O–H groups in total. The van der Waals surface area contributed by atoms with Gasteiger partial charge in [-0.15, -0.1) is 0 Å². The largest absolute Gasteiger partial charge is 0.482 e. The van der Waals surface area contributed by atoms with Crippen LogP contribution < -0.4 is 9.88 Å². The van der Waals surface area contributed by atoms with Crippen molar-refractivity contribution in [2.75, 3.05) is 13.1 Å². The summed E-state index contributed by atoms with van der Waals surface area (Å²) in [5.74, 6) is 0.299. The van der Waals surface area contributed by atoms with E-state index in [1.807, 2.05) is 18.2 Å². The zero-order valence-electron chi connectivity index (χ0n) is 15.6. The van der Waals surface area contributed by atoms with Crippen molar-refractivity contribution in [3.63, 3.8) is 0 Å². The van der Waals surface area contributed by atoms with Crippen LogP contribution in [-0.2, 0) is 16.4 Å². The summed E-state index contributed by atoms with van der Waals surface area (Å²) >= 11 is 12.5. The van der Waals surface area contributed by atoms with E-state index in [0.29, 0.717) is 12.3 Å². The molecule has 0 saturated carbocycles. The summed E-state index contributed by atoms with van der Waals surface area (Å²) in [7, 11) is -3.99. The molecule has 0 amide bonds. The first kappa shape index (κ1) is 20.9. The van der Waals surface area contributed by atoms with Crippen molar-refractivity contribution < 1.29 is 18.3 Å². The number of primary sulfonamides is 1. The van der Waals surface area contributed by atoms with Crippen molar-refractivity contribution in [2.24, 2.45) is 5.14 Å². The summed E-state index contributed by atoms with van der Waals surface area (Å²) in [6.07, 6.45) is 1.87. The summed E-state index contributed by atoms with van der Waals surface area (Å²) in [4.78, 5) is 2.02. The van der Waals surface area contributed by atoms with E-state index < -0.39 is 10.0 Å². The fourth-order valence-electron chi connectivity index (χ4n) is 4.25. The van der Waals surface area contributed by atoms with Gasteiger partial charge in [-0.2, -0.15) is 0 Å². The molecule has 2 aromatic rings. The highest BCUT2D eigenvalue weighted by Gasteiger charge is 2.39. The van der Waals surface area contributed by atoms with Gasteiger partial charge in [-0.05, 0) is 49.1 Å². The van der Waals surface area contributed by atoms with Gasteiger partial charge in [-0.25, -0.2) is 13.6 Å². The van der Waals surface area contributed by atoms with Crippen LogP contribution in [0.4, 0.5) is 0 Å². The van der Waals surface area contributed by atoms with Crippen LogP contribution in [0.15, 0.2) is 41.3 Å². The minimum Gasteiger partial charge on any atom is -0.482 e. The molecule has 1 heterocycles. The van der Waals surface area contributed by atoms with Crippen LogP contribution in [-0.4, -0.2) is 43.7 Å². The SMILES string of the molecule is NS(=O)(=O)c1ccc(O[C@H]2c3ccccc3C[C@@H]2N2CCC[C@H](O)C2)c(Cl)c1Cl. The molecule has 6 nitrogen and oxygen atoms in total. The number of fused-ring (bicyclic) bond motifs is 1. The van der Waals surface area contributed by atoms with Crippen molar-refractivity contribution >= 4 is 33.2 Å². The minimum atomic E-state index is -3.99.